The average Bonchev–Trinajstić information content (AvgIpc) is 2.93. The topological polar surface area (TPSA) is 44.4 Å². The van der Waals surface area contributed by atoms with Gasteiger partial charge in [-0.15, -0.1) is 0 Å². The molecular weight excluding hydrogens is 262 g/mol. The van der Waals surface area contributed by atoms with Crippen molar-refractivity contribution in [2.24, 2.45) is 0 Å². The molecule has 1 atom stereocenters. The Morgan fingerprint density at radius 1 is 1.43 bits per heavy atom. The van der Waals surface area contributed by atoms with Crippen LogP contribution in [0.2, 0.25) is 0 Å². The molecule has 0 aliphatic carbocycles. The molecule has 4 heteroatoms. The van der Waals surface area contributed by atoms with Crippen LogP contribution in [-0.4, -0.2) is 31.6 Å². The van der Waals surface area contributed by atoms with Gasteiger partial charge in [-0.2, -0.15) is 0 Å². The lowest BCUT2D eigenvalue weighted by atomic mass is 10.1. The molecule has 1 heterocycles. The summed E-state index contributed by atoms with van der Waals surface area (Å²) in [7, 11) is 1.72. The predicted molar refractivity (Wildman–Crippen MR) is 87.6 cm³/mol. The first-order valence-corrected chi connectivity index (χ1v) is 7.84. The highest BCUT2D eigenvalue weighted by Crippen LogP contribution is 2.29. The van der Waals surface area contributed by atoms with E-state index in [0.29, 0.717) is 6.04 Å². The van der Waals surface area contributed by atoms with E-state index in [2.05, 4.69) is 54.5 Å². The second-order valence-corrected chi connectivity index (χ2v) is 6.13. The summed E-state index contributed by atoms with van der Waals surface area (Å²) in [6, 6.07) is 6.94. The normalized spacial score (nSPS) is 18.3. The molecule has 0 bridgehead atoms. The number of anilines is 1. The van der Waals surface area contributed by atoms with Crippen molar-refractivity contribution in [3.63, 3.8) is 0 Å². The molecule has 2 N–H and O–H groups in total. The molecule has 0 spiro atoms. The lowest BCUT2D eigenvalue weighted by Crippen LogP contribution is -2.42. The molecule has 1 aromatic rings. The number of aryl methyl sites for hydroxylation is 1. The Morgan fingerprint density at radius 3 is 2.86 bits per heavy atom. The highest BCUT2D eigenvalue weighted by Gasteiger charge is 2.31. The molecule has 0 aromatic heterocycles. The lowest BCUT2D eigenvalue weighted by Gasteiger charge is -2.28. The molecule has 1 fully saturated rings. The summed E-state index contributed by atoms with van der Waals surface area (Å²) in [4.78, 5) is 14.3. The zero-order valence-electron chi connectivity index (χ0n) is 13.6. The van der Waals surface area contributed by atoms with Crippen LogP contribution in [0.3, 0.4) is 0 Å². The summed E-state index contributed by atoms with van der Waals surface area (Å²) in [6.45, 7) is 8.21. The highest BCUT2D eigenvalue weighted by molar-refractivity contribution is 5.86. The lowest BCUT2D eigenvalue weighted by molar-refractivity contribution is -0.121. The molecule has 0 saturated carbocycles. The highest BCUT2D eigenvalue weighted by atomic mass is 16.2. The molecule has 21 heavy (non-hydrogen) atoms. The first-order valence-electron chi connectivity index (χ1n) is 7.84. The van der Waals surface area contributed by atoms with E-state index in [0.717, 1.165) is 25.9 Å². The van der Waals surface area contributed by atoms with Gasteiger partial charge >= 0.3 is 0 Å². The number of likely N-dealkylation sites (N-methyl/N-ethyl adjacent to an activating group) is 1. The summed E-state index contributed by atoms with van der Waals surface area (Å²) in [5, 5.41) is 6.28. The Labute approximate surface area is 127 Å². The van der Waals surface area contributed by atoms with Crippen molar-refractivity contribution in [2.45, 2.75) is 52.2 Å². The van der Waals surface area contributed by atoms with Crippen LogP contribution in [0.5, 0.6) is 0 Å². The summed E-state index contributed by atoms with van der Waals surface area (Å²) < 4.78 is 0. The maximum atomic E-state index is 12.1. The average molecular weight is 289 g/mol. The van der Waals surface area contributed by atoms with Gasteiger partial charge in [0.2, 0.25) is 5.91 Å². The van der Waals surface area contributed by atoms with Gasteiger partial charge in [0.15, 0.2) is 0 Å². The standard InChI is InChI=1S/C17H27N3O/c1-12(2)19-11-14-10-13(3)7-8-15(14)20-9-5-6-16(20)17(21)18-4/h7-8,10,12,16,19H,5-6,9,11H2,1-4H3,(H,18,21). The van der Waals surface area contributed by atoms with Crippen LogP contribution in [0.4, 0.5) is 5.69 Å². The minimum Gasteiger partial charge on any atom is -0.359 e. The number of nitrogens with one attached hydrogen (secondary N) is 2. The second-order valence-electron chi connectivity index (χ2n) is 6.13. The Kier molecular flexibility index (Phi) is 5.23. The number of hydrogen-bond donors (Lipinski definition) is 2. The van der Waals surface area contributed by atoms with Crippen LogP contribution in [-0.2, 0) is 11.3 Å². The molecule has 2 rings (SSSR count). The van der Waals surface area contributed by atoms with E-state index in [4.69, 9.17) is 0 Å². The Morgan fingerprint density at radius 2 is 2.19 bits per heavy atom. The SMILES string of the molecule is CNC(=O)C1CCCN1c1ccc(C)cc1CNC(C)C. The van der Waals surface area contributed by atoms with Gasteiger partial charge in [0.25, 0.3) is 0 Å². The number of rotatable bonds is 5. The largest absolute Gasteiger partial charge is 0.359 e. The Hall–Kier alpha value is -1.55. The quantitative estimate of drug-likeness (QED) is 0.873. The fraction of sp³-hybridized carbons (Fsp3) is 0.588. The van der Waals surface area contributed by atoms with Gasteiger partial charge in [0.1, 0.15) is 6.04 Å². The molecule has 1 amide bonds. The molecule has 1 aliphatic heterocycles. The maximum Gasteiger partial charge on any atom is 0.242 e. The Bertz CT molecular complexity index is 499. The number of nitrogens with zero attached hydrogens (tertiary/aromatic N) is 1. The first-order chi connectivity index (χ1) is 10.0. The third-order valence-electron chi connectivity index (χ3n) is 4.05. The van der Waals surface area contributed by atoms with Gasteiger partial charge in [-0.25, -0.2) is 0 Å². The zero-order valence-corrected chi connectivity index (χ0v) is 13.6. The third-order valence-corrected chi connectivity index (χ3v) is 4.05. The molecule has 1 unspecified atom stereocenters. The van der Waals surface area contributed by atoms with Gasteiger partial charge < -0.3 is 15.5 Å². The monoisotopic (exact) mass is 289 g/mol. The first kappa shape index (κ1) is 15.8. The van der Waals surface area contributed by atoms with E-state index in [1.54, 1.807) is 7.05 Å². The summed E-state index contributed by atoms with van der Waals surface area (Å²) in [6.07, 6.45) is 2.01. The summed E-state index contributed by atoms with van der Waals surface area (Å²) in [5.74, 6) is 0.121. The fourth-order valence-electron chi connectivity index (χ4n) is 2.94. The minimum absolute atomic E-state index is 0.0319. The van der Waals surface area contributed by atoms with Crippen molar-refractivity contribution in [2.75, 3.05) is 18.5 Å². The van der Waals surface area contributed by atoms with Crippen molar-refractivity contribution in [3.05, 3.63) is 29.3 Å². The van der Waals surface area contributed by atoms with Gasteiger partial charge in [-0.1, -0.05) is 31.5 Å². The van der Waals surface area contributed by atoms with Gasteiger partial charge in [0, 0.05) is 31.9 Å². The number of amides is 1. The molecule has 116 valence electrons. The molecular formula is C17H27N3O. The number of benzene rings is 1. The molecule has 1 saturated heterocycles. The van der Waals surface area contributed by atoms with E-state index < -0.39 is 0 Å². The van der Waals surface area contributed by atoms with Crippen molar-refractivity contribution < 1.29 is 4.79 Å². The fourth-order valence-corrected chi connectivity index (χ4v) is 2.94. The van der Waals surface area contributed by atoms with Crippen LogP contribution in [0.25, 0.3) is 0 Å². The second kappa shape index (κ2) is 6.94. The van der Waals surface area contributed by atoms with Crippen LogP contribution in [0.15, 0.2) is 18.2 Å². The van der Waals surface area contributed by atoms with Crippen molar-refractivity contribution in [1.82, 2.24) is 10.6 Å². The van der Waals surface area contributed by atoms with E-state index in [9.17, 15) is 4.79 Å². The molecule has 1 aliphatic rings. The Balaban J connectivity index is 2.27. The molecule has 1 aromatic carbocycles. The third kappa shape index (κ3) is 3.76. The van der Waals surface area contributed by atoms with Crippen molar-refractivity contribution in [1.29, 1.82) is 0 Å². The van der Waals surface area contributed by atoms with Gasteiger partial charge in [-0.05, 0) is 31.4 Å². The van der Waals surface area contributed by atoms with Crippen LogP contribution >= 0.6 is 0 Å². The molecule has 4 nitrogen and oxygen atoms in total. The summed E-state index contributed by atoms with van der Waals surface area (Å²) in [5.41, 5.74) is 3.73. The van der Waals surface area contributed by atoms with E-state index in [1.165, 1.54) is 16.8 Å². The molecule has 0 radical (unpaired) electrons. The van der Waals surface area contributed by atoms with Crippen molar-refractivity contribution >= 4 is 11.6 Å². The van der Waals surface area contributed by atoms with Crippen LogP contribution in [0.1, 0.15) is 37.8 Å². The number of carbonyl (C=O) groups excluding carboxylic acids is 1. The number of hydrogen-bond acceptors (Lipinski definition) is 3. The maximum absolute atomic E-state index is 12.1. The van der Waals surface area contributed by atoms with Gasteiger partial charge in [-0.3, -0.25) is 4.79 Å². The minimum atomic E-state index is -0.0319. The van der Waals surface area contributed by atoms with Crippen LogP contribution < -0.4 is 15.5 Å². The smallest absolute Gasteiger partial charge is 0.242 e. The summed E-state index contributed by atoms with van der Waals surface area (Å²) >= 11 is 0. The van der Waals surface area contributed by atoms with Crippen molar-refractivity contribution in [3.8, 4) is 0 Å². The zero-order chi connectivity index (χ0) is 15.4. The van der Waals surface area contributed by atoms with Crippen LogP contribution in [0, 0.1) is 6.92 Å². The van der Waals surface area contributed by atoms with E-state index in [1.807, 2.05) is 0 Å². The number of carbonyl (C=O) groups is 1. The van der Waals surface area contributed by atoms with E-state index >= 15 is 0 Å². The van der Waals surface area contributed by atoms with E-state index in [-0.39, 0.29) is 11.9 Å². The predicted octanol–water partition coefficient (Wildman–Crippen LogP) is 2.21. The van der Waals surface area contributed by atoms with Gasteiger partial charge in [0.05, 0.1) is 0 Å².